The second kappa shape index (κ2) is 4.45. The highest BCUT2D eigenvalue weighted by atomic mass is 16.5. The minimum absolute atomic E-state index is 0.636. The number of benzene rings is 1. The zero-order valence-corrected chi connectivity index (χ0v) is 10.1. The molecule has 3 aromatic rings. The number of rotatable bonds is 2. The molecule has 0 aliphatic carbocycles. The monoisotopic (exact) mass is 237 g/mol. The molecule has 0 spiro atoms. The van der Waals surface area contributed by atoms with Gasteiger partial charge in [0.25, 0.3) is 11.4 Å². The summed E-state index contributed by atoms with van der Waals surface area (Å²) in [5, 5.41) is 0. The van der Waals surface area contributed by atoms with Crippen LogP contribution in [0.2, 0.25) is 0 Å². The van der Waals surface area contributed by atoms with Crippen LogP contribution in [-0.2, 0) is 0 Å². The number of nitrogens with zero attached hydrogens (tertiary/aromatic N) is 2. The number of aromatic nitrogens is 2. The molecule has 3 rings (SSSR count). The van der Waals surface area contributed by atoms with Crippen molar-refractivity contribution in [3.8, 4) is 17.1 Å². The molecule has 0 bridgehead atoms. The highest BCUT2D eigenvalue weighted by Crippen LogP contribution is 2.20. The first-order valence-electron chi connectivity index (χ1n) is 5.79. The predicted molar refractivity (Wildman–Crippen MR) is 69.4 cm³/mol. The Bertz CT molecular complexity index is 680. The Kier molecular flexibility index (Phi) is 2.65. The van der Waals surface area contributed by atoms with Crippen molar-refractivity contribution in [2.45, 2.75) is 0 Å². The van der Waals surface area contributed by atoms with Gasteiger partial charge in [-0.2, -0.15) is 4.40 Å². The van der Waals surface area contributed by atoms with Crippen LogP contribution in [0.3, 0.4) is 0 Å². The van der Waals surface area contributed by atoms with Gasteiger partial charge in [-0.05, 0) is 6.07 Å². The smallest absolute Gasteiger partial charge is 0.288 e. The lowest BCUT2D eigenvalue weighted by Gasteiger charge is -2.03. The van der Waals surface area contributed by atoms with Crippen molar-refractivity contribution in [3.63, 3.8) is 0 Å². The molecule has 0 atom stereocenters. The van der Waals surface area contributed by atoms with Gasteiger partial charge in [0.2, 0.25) is 6.20 Å². The van der Waals surface area contributed by atoms with Crippen LogP contribution in [0.1, 0.15) is 0 Å². The van der Waals surface area contributed by atoms with Crippen LogP contribution in [0.4, 0.5) is 0 Å². The van der Waals surface area contributed by atoms with E-state index >= 15 is 0 Å². The van der Waals surface area contributed by atoms with Gasteiger partial charge < -0.3 is 4.74 Å². The number of pyridine rings is 1. The van der Waals surface area contributed by atoms with Crippen molar-refractivity contribution in [3.05, 3.63) is 60.9 Å². The maximum absolute atomic E-state index is 5.36. The molecule has 0 N–H and O–H groups in total. The lowest BCUT2D eigenvalue weighted by Crippen LogP contribution is -2.22. The van der Waals surface area contributed by atoms with Crippen molar-refractivity contribution in [1.82, 2.24) is 4.98 Å². The van der Waals surface area contributed by atoms with E-state index in [0.29, 0.717) is 5.88 Å². The lowest BCUT2D eigenvalue weighted by atomic mass is 10.1. The van der Waals surface area contributed by atoms with E-state index in [4.69, 9.17) is 4.74 Å². The van der Waals surface area contributed by atoms with E-state index in [9.17, 15) is 0 Å². The maximum atomic E-state index is 5.36. The second-order valence-electron chi connectivity index (χ2n) is 3.99. The third-order valence-corrected chi connectivity index (χ3v) is 2.86. The Hall–Kier alpha value is -2.42. The van der Waals surface area contributed by atoms with E-state index in [-0.39, 0.29) is 0 Å². The number of methoxy groups -OCH3 is 1. The van der Waals surface area contributed by atoms with Gasteiger partial charge in [0.1, 0.15) is 5.69 Å². The van der Waals surface area contributed by atoms with Crippen LogP contribution < -0.4 is 9.14 Å². The predicted octanol–water partition coefficient (Wildman–Crippen LogP) is 2.50. The summed E-state index contributed by atoms with van der Waals surface area (Å²) in [6.07, 6.45) is 4.00. The number of fused-ring (bicyclic) bond motifs is 1. The summed E-state index contributed by atoms with van der Waals surface area (Å²) < 4.78 is 7.38. The molecule has 0 aliphatic rings. The first kappa shape index (κ1) is 10.7. The molecule has 2 aromatic heterocycles. The molecule has 0 fully saturated rings. The summed E-state index contributed by atoms with van der Waals surface area (Å²) in [4.78, 5) is 4.55. The van der Waals surface area contributed by atoms with E-state index in [1.165, 1.54) is 0 Å². The average Bonchev–Trinajstić information content (AvgIpc) is 2.47. The van der Waals surface area contributed by atoms with E-state index in [1.54, 1.807) is 7.11 Å². The largest absolute Gasteiger partial charge is 0.476 e. The molecule has 1 aromatic carbocycles. The van der Waals surface area contributed by atoms with Gasteiger partial charge in [0, 0.05) is 17.7 Å². The molecule has 0 unspecified atom stereocenters. The Balaban J connectivity index is 2.26. The third kappa shape index (κ3) is 1.80. The quantitative estimate of drug-likeness (QED) is 0.640. The first-order chi connectivity index (χ1) is 8.88. The summed E-state index contributed by atoms with van der Waals surface area (Å²) in [6.45, 7) is 0. The summed E-state index contributed by atoms with van der Waals surface area (Å²) in [5.41, 5.74) is 2.94. The summed E-state index contributed by atoms with van der Waals surface area (Å²) in [6, 6.07) is 16.0. The topological polar surface area (TPSA) is 26.2 Å². The van der Waals surface area contributed by atoms with Crippen LogP contribution in [0, 0.1) is 0 Å². The van der Waals surface area contributed by atoms with Crippen molar-refractivity contribution in [1.29, 1.82) is 0 Å². The fraction of sp³-hybridized carbons (Fsp3) is 0.0667. The molecule has 88 valence electrons. The number of ether oxygens (including phenoxy) is 1. The zero-order valence-electron chi connectivity index (χ0n) is 10.1. The molecular formula is C15H13N2O+. The highest BCUT2D eigenvalue weighted by molar-refractivity contribution is 5.61. The molecule has 0 amide bonds. The Morgan fingerprint density at radius 2 is 1.78 bits per heavy atom. The molecule has 0 saturated heterocycles. The van der Waals surface area contributed by atoms with Gasteiger partial charge in [-0.15, -0.1) is 0 Å². The van der Waals surface area contributed by atoms with E-state index < -0.39 is 0 Å². The SMILES string of the molecule is COc1nc(-c2ccccc2)c[n+]2ccccc12. The highest BCUT2D eigenvalue weighted by Gasteiger charge is 2.13. The van der Waals surface area contributed by atoms with Gasteiger partial charge >= 0.3 is 0 Å². The van der Waals surface area contributed by atoms with Crippen LogP contribution >= 0.6 is 0 Å². The molecule has 2 heterocycles. The minimum Gasteiger partial charge on any atom is -0.476 e. The van der Waals surface area contributed by atoms with Crippen LogP contribution in [0.15, 0.2) is 60.9 Å². The standard InChI is InChI=1S/C15H13N2O/c1-18-15-14-9-5-6-10-17(14)11-13(16-15)12-7-3-2-4-8-12/h2-11H,1H3/q+1. The summed E-state index contributed by atoms with van der Waals surface area (Å²) >= 11 is 0. The first-order valence-corrected chi connectivity index (χ1v) is 5.79. The third-order valence-electron chi connectivity index (χ3n) is 2.86. The molecule has 0 radical (unpaired) electrons. The Morgan fingerprint density at radius 3 is 2.56 bits per heavy atom. The number of hydrogen-bond donors (Lipinski definition) is 0. The molecule has 18 heavy (non-hydrogen) atoms. The Labute approximate surface area is 105 Å². The fourth-order valence-electron chi connectivity index (χ4n) is 1.98. The lowest BCUT2D eigenvalue weighted by molar-refractivity contribution is -0.512. The van der Waals surface area contributed by atoms with Crippen LogP contribution in [0.25, 0.3) is 16.8 Å². The van der Waals surface area contributed by atoms with Gasteiger partial charge in [0.15, 0.2) is 6.20 Å². The van der Waals surface area contributed by atoms with Crippen molar-refractivity contribution < 1.29 is 9.14 Å². The molecule has 0 saturated carbocycles. The van der Waals surface area contributed by atoms with E-state index in [2.05, 4.69) is 4.98 Å². The van der Waals surface area contributed by atoms with Gasteiger partial charge in [0.05, 0.1) is 7.11 Å². The second-order valence-corrected chi connectivity index (χ2v) is 3.99. The van der Waals surface area contributed by atoms with E-state index in [1.807, 2.05) is 65.3 Å². The van der Waals surface area contributed by atoms with E-state index in [0.717, 1.165) is 16.8 Å². The molecular weight excluding hydrogens is 224 g/mol. The van der Waals surface area contributed by atoms with Crippen LogP contribution in [-0.4, -0.2) is 12.1 Å². The molecule has 3 nitrogen and oxygen atoms in total. The van der Waals surface area contributed by atoms with Gasteiger partial charge in [-0.3, -0.25) is 0 Å². The minimum atomic E-state index is 0.636. The Morgan fingerprint density at radius 1 is 1.00 bits per heavy atom. The molecule has 0 aliphatic heterocycles. The summed E-state index contributed by atoms with van der Waals surface area (Å²) in [5.74, 6) is 0.636. The zero-order chi connectivity index (χ0) is 12.4. The maximum Gasteiger partial charge on any atom is 0.288 e. The molecule has 3 heteroatoms. The number of hydrogen-bond acceptors (Lipinski definition) is 2. The fourth-order valence-corrected chi connectivity index (χ4v) is 1.98. The van der Waals surface area contributed by atoms with Crippen molar-refractivity contribution in [2.24, 2.45) is 0 Å². The van der Waals surface area contributed by atoms with Gasteiger partial charge in [-0.25, -0.2) is 4.98 Å². The van der Waals surface area contributed by atoms with Gasteiger partial charge in [-0.1, -0.05) is 30.3 Å². The van der Waals surface area contributed by atoms with Crippen molar-refractivity contribution in [2.75, 3.05) is 7.11 Å². The normalized spacial score (nSPS) is 10.5. The van der Waals surface area contributed by atoms with Crippen molar-refractivity contribution >= 4 is 5.52 Å². The summed E-state index contributed by atoms with van der Waals surface area (Å²) in [7, 11) is 1.64. The average molecular weight is 237 g/mol. The van der Waals surface area contributed by atoms with Crippen LogP contribution in [0.5, 0.6) is 5.88 Å².